The van der Waals surface area contributed by atoms with E-state index in [-0.39, 0.29) is 17.8 Å². The number of piperazine rings is 1. The minimum absolute atomic E-state index is 0.205. The molecule has 2 aromatic rings. The monoisotopic (exact) mass is 354 g/mol. The number of amides is 1. The molecular weight excluding hydrogens is 329 g/mol. The molecule has 0 unspecified atom stereocenters. The molecule has 4 rings (SSSR count). The van der Waals surface area contributed by atoms with Crippen molar-refractivity contribution >= 4 is 17.3 Å². The lowest BCUT2D eigenvalue weighted by molar-refractivity contribution is -0.892. The molecular formula is C21H25FN3O+. The molecule has 1 fully saturated rings. The van der Waals surface area contributed by atoms with Gasteiger partial charge in [-0.25, -0.2) is 4.39 Å². The van der Waals surface area contributed by atoms with Crippen LogP contribution in [0.15, 0.2) is 48.5 Å². The maximum atomic E-state index is 13.1. The zero-order valence-electron chi connectivity index (χ0n) is 15.1. The Morgan fingerprint density at radius 1 is 1.12 bits per heavy atom. The molecule has 2 aliphatic heterocycles. The van der Waals surface area contributed by atoms with Gasteiger partial charge in [0, 0.05) is 17.4 Å². The zero-order chi connectivity index (χ0) is 18.1. The number of nitrogens with zero attached hydrogens (tertiary/aromatic N) is 2. The molecule has 1 saturated heterocycles. The molecule has 2 heterocycles. The molecule has 0 spiro atoms. The maximum Gasteiger partial charge on any atom is 0.282 e. The van der Waals surface area contributed by atoms with E-state index in [4.69, 9.17) is 0 Å². The van der Waals surface area contributed by atoms with Crippen LogP contribution in [0.3, 0.4) is 0 Å². The average molecular weight is 354 g/mol. The highest BCUT2D eigenvalue weighted by Gasteiger charge is 2.33. The Hall–Kier alpha value is -2.40. The third kappa shape index (κ3) is 3.31. The molecule has 0 radical (unpaired) electrons. The van der Waals surface area contributed by atoms with Crippen molar-refractivity contribution in [2.45, 2.75) is 19.4 Å². The molecule has 0 bridgehead atoms. The molecule has 26 heavy (non-hydrogen) atoms. The van der Waals surface area contributed by atoms with Gasteiger partial charge in [-0.1, -0.05) is 18.2 Å². The lowest BCUT2D eigenvalue weighted by Crippen LogP contribution is -3.16. The van der Waals surface area contributed by atoms with Crippen molar-refractivity contribution in [3.8, 4) is 0 Å². The summed E-state index contributed by atoms with van der Waals surface area (Å²) in [6, 6.07) is 15.1. The third-order valence-corrected chi connectivity index (χ3v) is 5.54. The smallest absolute Gasteiger partial charge is 0.282 e. The summed E-state index contributed by atoms with van der Waals surface area (Å²) in [5, 5.41) is 0. The first-order chi connectivity index (χ1) is 12.6. The van der Waals surface area contributed by atoms with E-state index >= 15 is 0 Å². The van der Waals surface area contributed by atoms with Gasteiger partial charge < -0.3 is 14.7 Å². The van der Waals surface area contributed by atoms with Crippen molar-refractivity contribution in [1.29, 1.82) is 0 Å². The van der Waals surface area contributed by atoms with Crippen molar-refractivity contribution in [2.75, 3.05) is 42.5 Å². The van der Waals surface area contributed by atoms with Gasteiger partial charge in [0.15, 0.2) is 6.54 Å². The second kappa shape index (κ2) is 7.08. The molecule has 2 aromatic carbocycles. The molecule has 1 atom stereocenters. The van der Waals surface area contributed by atoms with Crippen LogP contribution in [0.5, 0.6) is 0 Å². The van der Waals surface area contributed by atoms with Crippen LogP contribution in [0.25, 0.3) is 0 Å². The van der Waals surface area contributed by atoms with Gasteiger partial charge in [-0.15, -0.1) is 0 Å². The molecule has 1 amide bonds. The number of halogens is 1. The average Bonchev–Trinajstić information content (AvgIpc) is 2.99. The Bertz CT molecular complexity index is 784. The summed E-state index contributed by atoms with van der Waals surface area (Å²) in [6.45, 7) is 6.29. The van der Waals surface area contributed by atoms with Crippen LogP contribution in [0.1, 0.15) is 12.5 Å². The van der Waals surface area contributed by atoms with Gasteiger partial charge in [-0.2, -0.15) is 0 Å². The van der Waals surface area contributed by atoms with E-state index < -0.39 is 0 Å². The molecule has 5 heteroatoms. The first kappa shape index (κ1) is 17.0. The van der Waals surface area contributed by atoms with E-state index in [1.54, 1.807) is 0 Å². The first-order valence-corrected chi connectivity index (χ1v) is 9.36. The van der Waals surface area contributed by atoms with E-state index in [0.717, 1.165) is 44.0 Å². The van der Waals surface area contributed by atoms with Gasteiger partial charge in [0.25, 0.3) is 5.91 Å². The fraction of sp³-hybridized carbons (Fsp3) is 0.381. The Balaban J connectivity index is 1.36. The lowest BCUT2D eigenvalue weighted by atomic mass is 10.1. The van der Waals surface area contributed by atoms with Gasteiger partial charge in [0.05, 0.1) is 26.2 Å². The minimum Gasteiger partial charge on any atom is -0.360 e. The van der Waals surface area contributed by atoms with Crippen LogP contribution in [-0.2, 0) is 11.2 Å². The molecule has 0 saturated carbocycles. The molecule has 0 aromatic heterocycles. The van der Waals surface area contributed by atoms with Crippen LogP contribution in [0, 0.1) is 5.82 Å². The van der Waals surface area contributed by atoms with E-state index in [2.05, 4.69) is 24.0 Å². The van der Waals surface area contributed by atoms with E-state index in [1.165, 1.54) is 22.6 Å². The van der Waals surface area contributed by atoms with Crippen molar-refractivity contribution in [2.24, 2.45) is 0 Å². The number of hydrogen-bond donors (Lipinski definition) is 1. The van der Waals surface area contributed by atoms with Crippen molar-refractivity contribution in [3.05, 3.63) is 59.9 Å². The highest BCUT2D eigenvalue weighted by atomic mass is 19.1. The number of fused-ring (bicyclic) bond motifs is 1. The summed E-state index contributed by atoms with van der Waals surface area (Å²) >= 11 is 0. The fourth-order valence-electron chi connectivity index (χ4n) is 4.15. The molecule has 1 N–H and O–H groups in total. The largest absolute Gasteiger partial charge is 0.360 e. The SMILES string of the molecule is C[C@H]1Cc2ccccc2N1C(=O)C[NH+]1CCN(c2ccc(F)cc2)CC1. The minimum atomic E-state index is -0.205. The third-order valence-electron chi connectivity index (χ3n) is 5.54. The summed E-state index contributed by atoms with van der Waals surface area (Å²) in [7, 11) is 0. The molecule has 136 valence electrons. The summed E-state index contributed by atoms with van der Waals surface area (Å²) < 4.78 is 13.1. The lowest BCUT2D eigenvalue weighted by Gasteiger charge is -2.34. The number of rotatable bonds is 3. The van der Waals surface area contributed by atoms with Gasteiger partial charge in [-0.05, 0) is 49.2 Å². The van der Waals surface area contributed by atoms with Crippen LogP contribution in [-0.4, -0.2) is 44.7 Å². The number of benzene rings is 2. The highest BCUT2D eigenvalue weighted by molar-refractivity contribution is 5.96. The van der Waals surface area contributed by atoms with Gasteiger partial charge in [-0.3, -0.25) is 4.79 Å². The summed E-state index contributed by atoms with van der Waals surface area (Å²) in [5.74, 6) is 0.0105. The number of carbonyl (C=O) groups is 1. The second-order valence-electron chi connectivity index (χ2n) is 7.34. The quantitative estimate of drug-likeness (QED) is 0.905. The van der Waals surface area contributed by atoms with Crippen molar-refractivity contribution < 1.29 is 14.1 Å². The number of nitrogens with one attached hydrogen (secondary N) is 1. The summed E-state index contributed by atoms with van der Waals surface area (Å²) in [5.41, 5.74) is 3.40. The normalized spacial score (nSPS) is 20.3. The topological polar surface area (TPSA) is 28.0 Å². The number of carbonyl (C=O) groups excluding carboxylic acids is 1. The van der Waals surface area contributed by atoms with Crippen LogP contribution < -0.4 is 14.7 Å². The Morgan fingerprint density at radius 3 is 2.54 bits per heavy atom. The number of quaternary nitrogens is 1. The molecule has 0 aliphatic carbocycles. The van der Waals surface area contributed by atoms with Crippen LogP contribution >= 0.6 is 0 Å². The maximum absolute atomic E-state index is 13.1. The van der Waals surface area contributed by atoms with E-state index in [1.807, 2.05) is 29.2 Å². The molecule has 4 nitrogen and oxygen atoms in total. The summed E-state index contributed by atoms with van der Waals surface area (Å²) in [6.07, 6.45) is 0.940. The van der Waals surface area contributed by atoms with Gasteiger partial charge in [0.1, 0.15) is 5.82 Å². The van der Waals surface area contributed by atoms with Crippen LogP contribution in [0.2, 0.25) is 0 Å². The number of anilines is 2. The predicted molar refractivity (Wildman–Crippen MR) is 101 cm³/mol. The van der Waals surface area contributed by atoms with Crippen molar-refractivity contribution in [1.82, 2.24) is 0 Å². The van der Waals surface area contributed by atoms with Crippen molar-refractivity contribution in [3.63, 3.8) is 0 Å². The van der Waals surface area contributed by atoms with E-state index in [9.17, 15) is 9.18 Å². The Kier molecular flexibility index (Phi) is 4.64. The number of para-hydroxylation sites is 1. The van der Waals surface area contributed by atoms with Gasteiger partial charge in [0.2, 0.25) is 0 Å². The Labute approximate surface area is 153 Å². The van der Waals surface area contributed by atoms with E-state index in [0.29, 0.717) is 6.54 Å². The highest BCUT2D eigenvalue weighted by Crippen LogP contribution is 2.31. The van der Waals surface area contributed by atoms with Gasteiger partial charge >= 0.3 is 0 Å². The standard InChI is InChI=1S/C21H24FN3O/c1-16-14-17-4-2-3-5-20(17)25(16)21(26)15-23-10-12-24(13-11-23)19-8-6-18(22)7-9-19/h2-9,16H,10-15H2,1H3/p+1/t16-/m0/s1. The fourth-order valence-corrected chi connectivity index (χ4v) is 4.15. The van der Waals surface area contributed by atoms with Crippen LogP contribution in [0.4, 0.5) is 15.8 Å². The Morgan fingerprint density at radius 2 is 1.81 bits per heavy atom. The second-order valence-corrected chi connectivity index (χ2v) is 7.34. The predicted octanol–water partition coefficient (Wildman–Crippen LogP) is 1.51. The zero-order valence-corrected chi connectivity index (χ0v) is 15.1. The molecule has 2 aliphatic rings. The summed E-state index contributed by atoms with van der Waals surface area (Å²) in [4.78, 5) is 18.5. The number of hydrogen-bond acceptors (Lipinski definition) is 2. The first-order valence-electron chi connectivity index (χ1n) is 9.36.